The van der Waals surface area contributed by atoms with E-state index in [0.29, 0.717) is 0 Å². The van der Waals surface area contributed by atoms with E-state index in [2.05, 4.69) is 290 Å². The van der Waals surface area contributed by atoms with E-state index >= 15 is 0 Å². The van der Waals surface area contributed by atoms with Gasteiger partial charge in [-0.05, 0) is 105 Å². The van der Waals surface area contributed by atoms with Crippen LogP contribution in [-0.2, 0) is 21.7 Å². The molecule has 0 heterocycles. The lowest BCUT2D eigenvalue weighted by atomic mass is 9.80. The van der Waals surface area contributed by atoms with Crippen LogP contribution >= 0.6 is 0 Å². The van der Waals surface area contributed by atoms with E-state index < -0.39 is 42.5 Å². The fourth-order valence-corrected chi connectivity index (χ4v) is 23.6. The molecule has 0 bridgehead atoms. The molecule has 0 radical (unpaired) electrons. The number of hydrogen-bond donors (Lipinski definition) is 0. The summed E-state index contributed by atoms with van der Waals surface area (Å²) in [4.78, 5) is 5.62. The fraction of sp³-hybridized carbons (Fsp3) is 0.486. The summed E-state index contributed by atoms with van der Waals surface area (Å²) in [6.07, 6.45) is 0. The van der Waals surface area contributed by atoms with E-state index in [4.69, 9.17) is 0 Å². The molecule has 7 aromatic rings. The van der Waals surface area contributed by atoms with Crippen molar-refractivity contribution in [1.82, 2.24) is 0 Å². The van der Waals surface area contributed by atoms with Crippen molar-refractivity contribution in [1.29, 1.82) is 0 Å². The molecule has 7 aromatic carbocycles. The third kappa shape index (κ3) is 13.5. The molecular weight excluding hydrogens is 1060 g/mol. The Balaban J connectivity index is 1.86. The highest BCUT2D eigenvalue weighted by atomic mass is 28.3. The average molecular weight is 1170 g/mol. The molecule has 81 heavy (non-hydrogen) atoms. The lowest BCUT2D eigenvalue weighted by Crippen LogP contribution is -2.46. The number of rotatable bonds is 18. The van der Waals surface area contributed by atoms with Crippen LogP contribution in [0.25, 0.3) is 21.5 Å². The van der Waals surface area contributed by atoms with Crippen LogP contribution in [-0.4, -0.2) is 42.5 Å². The molecule has 0 aliphatic carbocycles. The summed E-state index contributed by atoms with van der Waals surface area (Å²) in [5.74, 6) is 0. The standard InChI is InChI=1S/C74H110N2Si5/c1-26-78(27-2)61-45-59(46-62(48-61)79(28-3)29-4)76(58-43-54(73(15,16)17)40-55(44-58)74(18,19)20)69-66-36-34-63(80(23,24)25)50-68(66)70(65-35-33-60(77(21)22)49-67(65)69)75(56-37-51(8)38-64(47-56)81(30-5,31-6)32-7)57-41-52(71(9,10)11)39-53(42-57)72(12,13)14/h33-50,77-79H,26-32H2,1-25H3. The highest BCUT2D eigenvalue weighted by molar-refractivity contribution is 6.92. The maximum Gasteiger partial charge on any atom is 0.0860 e. The quantitative estimate of drug-likeness (QED) is 0.0480. The Labute approximate surface area is 502 Å². The zero-order valence-electron chi connectivity index (χ0n) is 56.0. The van der Waals surface area contributed by atoms with E-state index in [9.17, 15) is 0 Å². The monoisotopic (exact) mass is 1170 g/mol. The van der Waals surface area contributed by atoms with Gasteiger partial charge in [-0.2, -0.15) is 0 Å². The largest absolute Gasteiger partial charge is 0.309 e. The van der Waals surface area contributed by atoms with E-state index in [-0.39, 0.29) is 21.7 Å². The van der Waals surface area contributed by atoms with Crippen LogP contribution in [0.5, 0.6) is 0 Å². The van der Waals surface area contributed by atoms with Crippen LogP contribution in [0.15, 0.2) is 109 Å². The first-order valence-corrected chi connectivity index (χ1v) is 45.3. The normalized spacial score (nSPS) is 13.2. The molecule has 0 fully saturated rings. The van der Waals surface area contributed by atoms with Crippen molar-refractivity contribution in [3.05, 3.63) is 137 Å². The van der Waals surface area contributed by atoms with Crippen LogP contribution in [0.2, 0.25) is 75.0 Å². The SMILES string of the molecule is CC[SiH](CC)c1cc(N(c2cc(C(C)(C)C)cc(C(C)(C)C)c2)c2c3ccc([Si](C)(C)C)cc3c(N(c3cc(C(C)(C)C)cc(C(C)(C)C)c3)c3cc(C)cc([Si](CC)(CC)CC)c3)c3ccc([SiH](C)C)cc23)cc([SiH](CC)CC)c1. The van der Waals surface area contributed by atoms with Crippen LogP contribution in [0.4, 0.5) is 34.1 Å². The second-order valence-corrected chi connectivity index (χ2v) is 50.9. The molecule has 436 valence electrons. The number of fused-ring (bicyclic) bond motifs is 2. The van der Waals surface area contributed by atoms with Crippen molar-refractivity contribution in [2.45, 2.75) is 235 Å². The Morgan fingerprint density at radius 2 is 0.741 bits per heavy atom. The summed E-state index contributed by atoms with van der Waals surface area (Å²) >= 11 is 0. The maximum atomic E-state index is 2.83. The molecular formula is C74H110N2Si5. The molecule has 0 saturated carbocycles. The van der Waals surface area contributed by atoms with Gasteiger partial charge in [0.25, 0.3) is 0 Å². The molecule has 0 unspecified atom stereocenters. The van der Waals surface area contributed by atoms with Crippen LogP contribution in [0, 0.1) is 6.92 Å². The molecule has 0 aliphatic rings. The first kappa shape index (κ1) is 64.3. The first-order valence-electron chi connectivity index (χ1n) is 31.9. The Morgan fingerprint density at radius 1 is 0.370 bits per heavy atom. The van der Waals surface area contributed by atoms with Crippen molar-refractivity contribution in [3.8, 4) is 0 Å². The van der Waals surface area contributed by atoms with Gasteiger partial charge in [0.2, 0.25) is 0 Å². The van der Waals surface area contributed by atoms with Crippen molar-refractivity contribution in [3.63, 3.8) is 0 Å². The summed E-state index contributed by atoms with van der Waals surface area (Å²) in [6.45, 7) is 61.2. The highest BCUT2D eigenvalue weighted by Crippen LogP contribution is 2.52. The number of benzene rings is 7. The molecule has 7 heteroatoms. The molecule has 0 atom stereocenters. The second-order valence-electron chi connectivity index (χ2n) is 30.2. The van der Waals surface area contributed by atoms with E-state index in [1.165, 1.54) is 136 Å². The predicted octanol–water partition coefficient (Wildman–Crippen LogP) is 19.3. The van der Waals surface area contributed by atoms with Crippen molar-refractivity contribution < 1.29 is 0 Å². The smallest absolute Gasteiger partial charge is 0.0860 e. The van der Waals surface area contributed by atoms with Crippen LogP contribution in [0.3, 0.4) is 0 Å². The summed E-state index contributed by atoms with van der Waals surface area (Å²) in [5, 5.41) is 13.2. The lowest BCUT2D eigenvalue weighted by molar-refractivity contribution is 0.568. The topological polar surface area (TPSA) is 6.48 Å². The first-order chi connectivity index (χ1) is 37.7. The minimum Gasteiger partial charge on any atom is -0.309 e. The Kier molecular flexibility index (Phi) is 19.4. The molecule has 0 aromatic heterocycles. The third-order valence-electron chi connectivity index (χ3n) is 19.0. The van der Waals surface area contributed by atoms with Gasteiger partial charge >= 0.3 is 0 Å². The second kappa shape index (κ2) is 24.4. The van der Waals surface area contributed by atoms with Crippen LogP contribution < -0.4 is 35.7 Å². The number of anilines is 6. The van der Waals surface area contributed by atoms with Gasteiger partial charge in [-0.3, -0.25) is 0 Å². The number of hydrogen-bond acceptors (Lipinski definition) is 2. The molecule has 0 amide bonds. The molecule has 0 spiro atoms. The van der Waals surface area contributed by atoms with Crippen molar-refractivity contribution >= 4 is 124 Å². The van der Waals surface area contributed by atoms with Gasteiger partial charge in [0, 0.05) is 44.3 Å². The summed E-state index contributed by atoms with van der Waals surface area (Å²) in [5.41, 5.74) is 14.4. The van der Waals surface area contributed by atoms with Gasteiger partial charge in [0.1, 0.15) is 0 Å². The summed E-state index contributed by atoms with van der Waals surface area (Å²) < 4.78 is 0. The average Bonchev–Trinajstić information content (AvgIpc) is 3.57. The zero-order chi connectivity index (χ0) is 60.1. The summed E-state index contributed by atoms with van der Waals surface area (Å²) in [7, 11) is -7.58. The maximum absolute atomic E-state index is 2.83. The molecule has 0 saturated heterocycles. The minimum absolute atomic E-state index is 0.0648. The van der Waals surface area contributed by atoms with Gasteiger partial charge in [0.15, 0.2) is 0 Å². The molecule has 0 aliphatic heterocycles. The Hall–Kier alpha value is -4.26. The Bertz CT molecular complexity index is 3250. The minimum atomic E-state index is -1.88. The Morgan fingerprint density at radius 3 is 1.10 bits per heavy atom. The molecule has 2 nitrogen and oxygen atoms in total. The van der Waals surface area contributed by atoms with E-state index in [1.54, 1.807) is 15.6 Å². The van der Waals surface area contributed by atoms with Gasteiger partial charge < -0.3 is 9.80 Å². The zero-order valence-corrected chi connectivity index (χ0v) is 61.4. The molecule has 7 rings (SSSR count). The number of aryl methyl sites for hydroxylation is 1. The highest BCUT2D eigenvalue weighted by Gasteiger charge is 2.35. The van der Waals surface area contributed by atoms with Crippen LogP contribution in [0.1, 0.15) is 159 Å². The fourth-order valence-electron chi connectivity index (χ4n) is 12.9. The number of nitrogens with zero attached hydrogens (tertiary/aromatic N) is 2. The lowest BCUT2D eigenvalue weighted by Gasteiger charge is -2.37. The van der Waals surface area contributed by atoms with Crippen molar-refractivity contribution in [2.24, 2.45) is 0 Å². The molecule has 0 N–H and O–H groups in total. The van der Waals surface area contributed by atoms with E-state index in [0.717, 1.165) is 0 Å². The van der Waals surface area contributed by atoms with Gasteiger partial charge in [-0.1, -0.05) is 293 Å². The summed E-state index contributed by atoms with van der Waals surface area (Å²) in [6, 6.07) is 55.7. The van der Waals surface area contributed by atoms with Gasteiger partial charge in [0.05, 0.1) is 53.9 Å². The van der Waals surface area contributed by atoms with Gasteiger partial charge in [-0.15, -0.1) is 0 Å². The van der Waals surface area contributed by atoms with Crippen molar-refractivity contribution in [2.75, 3.05) is 9.80 Å². The third-order valence-corrected chi connectivity index (χ3v) is 34.8. The predicted molar refractivity (Wildman–Crippen MR) is 384 cm³/mol. The van der Waals surface area contributed by atoms with E-state index in [1.807, 2.05) is 0 Å². The van der Waals surface area contributed by atoms with Gasteiger partial charge in [-0.25, -0.2) is 0 Å².